The van der Waals surface area contributed by atoms with Crippen LogP contribution in [0.5, 0.6) is 0 Å². The van der Waals surface area contributed by atoms with Crippen LogP contribution in [0.1, 0.15) is 23.4 Å². The van der Waals surface area contributed by atoms with Crippen molar-refractivity contribution in [2.75, 3.05) is 11.4 Å². The van der Waals surface area contributed by atoms with Crippen LogP contribution in [0.25, 0.3) is 0 Å². The SMILES string of the molecule is Cc1noc(C)c1CN(CCC(=O)O)c1cccc(Cl)c1. The van der Waals surface area contributed by atoms with Gasteiger partial charge in [0, 0.05) is 29.4 Å². The van der Waals surface area contributed by atoms with Gasteiger partial charge >= 0.3 is 5.97 Å². The fourth-order valence-electron chi connectivity index (χ4n) is 2.12. The van der Waals surface area contributed by atoms with Crippen molar-refractivity contribution in [1.29, 1.82) is 0 Å². The fraction of sp³-hybridized carbons (Fsp3) is 0.333. The molecule has 0 fully saturated rings. The number of anilines is 1. The molecule has 0 bridgehead atoms. The lowest BCUT2D eigenvalue weighted by atomic mass is 10.1. The standard InChI is InChI=1S/C15H17ClN2O3/c1-10-14(11(2)21-17-10)9-18(7-6-15(19)20)13-5-3-4-12(16)8-13/h3-5,8H,6-7,9H2,1-2H3,(H,19,20). The van der Waals surface area contributed by atoms with Crippen LogP contribution in [0.3, 0.4) is 0 Å². The van der Waals surface area contributed by atoms with Crippen molar-refractivity contribution >= 4 is 23.3 Å². The smallest absolute Gasteiger partial charge is 0.305 e. The van der Waals surface area contributed by atoms with Crippen molar-refractivity contribution in [1.82, 2.24) is 5.16 Å². The molecule has 0 aliphatic rings. The van der Waals surface area contributed by atoms with Crippen LogP contribution >= 0.6 is 11.6 Å². The molecule has 21 heavy (non-hydrogen) atoms. The maximum absolute atomic E-state index is 10.9. The van der Waals surface area contributed by atoms with Gasteiger partial charge in [0.1, 0.15) is 5.76 Å². The molecule has 2 rings (SSSR count). The van der Waals surface area contributed by atoms with Gasteiger partial charge < -0.3 is 14.5 Å². The van der Waals surface area contributed by atoms with Crippen molar-refractivity contribution in [3.63, 3.8) is 0 Å². The van der Waals surface area contributed by atoms with E-state index in [1.807, 2.05) is 36.9 Å². The first-order chi connectivity index (χ1) is 9.97. The normalized spacial score (nSPS) is 10.6. The van der Waals surface area contributed by atoms with Gasteiger partial charge in [-0.3, -0.25) is 4.79 Å². The Kier molecular flexibility index (Phi) is 4.85. The Morgan fingerprint density at radius 2 is 2.19 bits per heavy atom. The second kappa shape index (κ2) is 6.63. The summed E-state index contributed by atoms with van der Waals surface area (Å²) in [4.78, 5) is 12.8. The predicted octanol–water partition coefficient (Wildman–Crippen LogP) is 3.43. The van der Waals surface area contributed by atoms with Gasteiger partial charge in [-0.2, -0.15) is 0 Å². The van der Waals surface area contributed by atoms with Gasteiger partial charge in [-0.05, 0) is 32.0 Å². The fourth-order valence-corrected chi connectivity index (χ4v) is 2.31. The number of hydrogen-bond donors (Lipinski definition) is 1. The van der Waals surface area contributed by atoms with Gasteiger partial charge in [-0.15, -0.1) is 0 Å². The lowest BCUT2D eigenvalue weighted by molar-refractivity contribution is -0.136. The van der Waals surface area contributed by atoms with Crippen molar-refractivity contribution in [2.45, 2.75) is 26.8 Å². The second-order valence-corrected chi connectivity index (χ2v) is 5.28. The summed E-state index contributed by atoms with van der Waals surface area (Å²) < 4.78 is 5.16. The van der Waals surface area contributed by atoms with Crippen molar-refractivity contribution in [3.05, 3.63) is 46.3 Å². The number of benzene rings is 1. The van der Waals surface area contributed by atoms with Crippen LogP contribution in [-0.2, 0) is 11.3 Å². The maximum Gasteiger partial charge on any atom is 0.305 e. The van der Waals surface area contributed by atoms with E-state index in [2.05, 4.69) is 5.16 Å². The number of carboxylic acids is 1. The molecule has 0 atom stereocenters. The van der Waals surface area contributed by atoms with E-state index >= 15 is 0 Å². The Morgan fingerprint density at radius 1 is 1.43 bits per heavy atom. The number of aryl methyl sites for hydroxylation is 2. The zero-order chi connectivity index (χ0) is 15.4. The largest absolute Gasteiger partial charge is 0.481 e. The Bertz CT molecular complexity index is 620. The molecular weight excluding hydrogens is 292 g/mol. The summed E-state index contributed by atoms with van der Waals surface area (Å²) in [5.41, 5.74) is 2.67. The average molecular weight is 309 g/mol. The summed E-state index contributed by atoms with van der Waals surface area (Å²) in [6.07, 6.45) is 0.0515. The third-order valence-corrected chi connectivity index (χ3v) is 3.53. The van der Waals surface area contributed by atoms with Crippen molar-refractivity contribution in [2.24, 2.45) is 0 Å². The van der Waals surface area contributed by atoms with E-state index in [1.54, 1.807) is 6.07 Å². The number of rotatable bonds is 6. The molecule has 0 saturated heterocycles. The van der Waals surface area contributed by atoms with E-state index in [1.165, 1.54) is 0 Å². The molecule has 0 amide bonds. The van der Waals surface area contributed by atoms with Gasteiger partial charge in [-0.25, -0.2) is 0 Å². The molecule has 6 heteroatoms. The number of hydrogen-bond acceptors (Lipinski definition) is 4. The van der Waals surface area contributed by atoms with E-state index in [4.69, 9.17) is 21.2 Å². The number of aromatic nitrogens is 1. The van der Waals surface area contributed by atoms with E-state index in [0.717, 1.165) is 22.7 Å². The molecular formula is C15H17ClN2O3. The molecule has 1 aromatic carbocycles. The summed E-state index contributed by atoms with van der Waals surface area (Å²) in [7, 11) is 0. The molecule has 0 saturated carbocycles. The molecule has 1 N–H and O–H groups in total. The molecule has 0 unspecified atom stereocenters. The molecule has 5 nitrogen and oxygen atoms in total. The molecule has 0 spiro atoms. The Labute approximate surface area is 128 Å². The van der Waals surface area contributed by atoms with Crippen LogP contribution in [0.2, 0.25) is 5.02 Å². The zero-order valence-corrected chi connectivity index (χ0v) is 12.7. The summed E-state index contributed by atoms with van der Waals surface area (Å²) >= 11 is 6.02. The molecule has 2 aromatic rings. The van der Waals surface area contributed by atoms with Crippen molar-refractivity contribution in [3.8, 4) is 0 Å². The lowest BCUT2D eigenvalue weighted by Crippen LogP contribution is -2.26. The number of carboxylic acid groups (broad SMARTS) is 1. The highest BCUT2D eigenvalue weighted by Crippen LogP contribution is 2.24. The van der Waals surface area contributed by atoms with Crippen LogP contribution in [0.4, 0.5) is 5.69 Å². The number of carbonyl (C=O) groups is 1. The minimum atomic E-state index is -0.833. The minimum Gasteiger partial charge on any atom is -0.481 e. The number of halogens is 1. The first-order valence-corrected chi connectivity index (χ1v) is 6.99. The van der Waals surface area contributed by atoms with Crippen LogP contribution in [0.15, 0.2) is 28.8 Å². The van der Waals surface area contributed by atoms with Gasteiger partial charge in [0.15, 0.2) is 0 Å². The predicted molar refractivity (Wildman–Crippen MR) is 80.7 cm³/mol. The van der Waals surface area contributed by atoms with Crippen molar-refractivity contribution < 1.29 is 14.4 Å². The molecule has 112 valence electrons. The van der Waals surface area contributed by atoms with E-state index in [0.29, 0.717) is 18.1 Å². The number of aliphatic carboxylic acids is 1. The molecule has 0 radical (unpaired) electrons. The molecule has 0 aliphatic carbocycles. The summed E-state index contributed by atoms with van der Waals surface area (Å²) in [6.45, 7) is 4.65. The van der Waals surface area contributed by atoms with Gasteiger partial charge in [0.05, 0.1) is 12.1 Å². The monoisotopic (exact) mass is 308 g/mol. The third kappa shape index (κ3) is 3.98. The summed E-state index contributed by atoms with van der Waals surface area (Å²) in [6, 6.07) is 7.36. The molecule has 1 heterocycles. The van der Waals surface area contributed by atoms with Gasteiger partial charge in [0.2, 0.25) is 0 Å². The van der Waals surface area contributed by atoms with Crippen LogP contribution in [-0.4, -0.2) is 22.8 Å². The topological polar surface area (TPSA) is 66.6 Å². The molecule has 0 aliphatic heterocycles. The molecule has 1 aromatic heterocycles. The minimum absolute atomic E-state index is 0.0515. The summed E-state index contributed by atoms with van der Waals surface area (Å²) in [5.74, 6) is -0.0874. The Hall–Kier alpha value is -2.01. The third-order valence-electron chi connectivity index (χ3n) is 3.30. The quantitative estimate of drug-likeness (QED) is 0.885. The van der Waals surface area contributed by atoms with Crippen LogP contribution < -0.4 is 4.90 Å². The number of nitrogens with zero attached hydrogens (tertiary/aromatic N) is 2. The Balaban J connectivity index is 2.25. The highest BCUT2D eigenvalue weighted by molar-refractivity contribution is 6.30. The second-order valence-electron chi connectivity index (χ2n) is 4.85. The van der Waals surface area contributed by atoms with E-state index in [9.17, 15) is 4.79 Å². The van der Waals surface area contributed by atoms with E-state index in [-0.39, 0.29) is 6.42 Å². The summed E-state index contributed by atoms with van der Waals surface area (Å²) in [5, 5.41) is 13.5. The van der Waals surface area contributed by atoms with E-state index < -0.39 is 5.97 Å². The highest BCUT2D eigenvalue weighted by Gasteiger charge is 2.15. The van der Waals surface area contributed by atoms with Crippen LogP contribution in [0, 0.1) is 13.8 Å². The Morgan fingerprint density at radius 3 is 2.76 bits per heavy atom. The first-order valence-electron chi connectivity index (χ1n) is 6.61. The zero-order valence-electron chi connectivity index (χ0n) is 12.0. The average Bonchev–Trinajstić information content (AvgIpc) is 2.74. The van der Waals surface area contributed by atoms with Gasteiger partial charge in [-0.1, -0.05) is 22.8 Å². The first kappa shape index (κ1) is 15.4. The highest BCUT2D eigenvalue weighted by atomic mass is 35.5. The lowest BCUT2D eigenvalue weighted by Gasteiger charge is -2.24. The van der Waals surface area contributed by atoms with Gasteiger partial charge in [0.25, 0.3) is 0 Å². The maximum atomic E-state index is 10.9.